The Kier molecular flexibility index (Phi) is 4.97. The van der Waals surface area contributed by atoms with Crippen molar-refractivity contribution >= 4 is 67.6 Å². The summed E-state index contributed by atoms with van der Waals surface area (Å²) in [5.41, 5.74) is 3.93. The first-order chi connectivity index (χ1) is 16.6. The van der Waals surface area contributed by atoms with E-state index in [-0.39, 0.29) is 5.76 Å². The van der Waals surface area contributed by atoms with Crippen LogP contribution in [0.5, 0.6) is 0 Å². The minimum Gasteiger partial charge on any atom is -0.415 e. The molecule has 4 aromatic carbocycles. The predicted octanol–water partition coefficient (Wildman–Crippen LogP) is 7.41. The number of fused-ring (bicyclic) bond motifs is 7. The molecular weight excluding hydrogens is 463 g/mol. The number of para-hydroxylation sites is 1. The largest absolute Gasteiger partial charge is 0.415 e. The summed E-state index contributed by atoms with van der Waals surface area (Å²) in [5.74, 6) is -0.192. The van der Waals surface area contributed by atoms with E-state index in [4.69, 9.17) is 10.2 Å². The molecule has 164 valence electrons. The van der Waals surface area contributed by atoms with Crippen LogP contribution in [0.2, 0.25) is 0 Å². The van der Waals surface area contributed by atoms with Gasteiger partial charge in [-0.05, 0) is 42.0 Å². The molecule has 0 saturated carbocycles. The number of aromatic nitrogens is 1. The van der Waals surface area contributed by atoms with Crippen molar-refractivity contribution in [3.8, 4) is 11.8 Å². The maximum absolute atomic E-state index is 10.9. The van der Waals surface area contributed by atoms with Crippen molar-refractivity contribution in [2.75, 3.05) is 0 Å². The second kappa shape index (κ2) is 8.16. The smallest absolute Gasteiger partial charge is 0.365 e. The molecule has 7 heteroatoms. The molecule has 2 aromatic heterocycles. The Morgan fingerprint density at radius 1 is 0.912 bits per heavy atom. The van der Waals surface area contributed by atoms with Gasteiger partial charge in [0.05, 0.1) is 11.0 Å². The first kappa shape index (κ1) is 20.7. The standard InChI is InChI=1S/C27H17N2O3PS/c28-16-19(32-33(30)31)15-17-9-11-18(12-10-17)29-23-7-3-1-6-22(23)26-24(29)14-13-21-20-5-2-4-8-25(20)34-27(21)26/h1-15,33H,(H,30,31). The quantitative estimate of drug-likeness (QED) is 0.162. The molecule has 0 aliphatic rings. The van der Waals surface area contributed by atoms with Crippen molar-refractivity contribution in [1.82, 2.24) is 4.57 Å². The molecule has 2 heterocycles. The van der Waals surface area contributed by atoms with Gasteiger partial charge in [0.15, 0.2) is 0 Å². The summed E-state index contributed by atoms with van der Waals surface area (Å²) >= 11 is 1.82. The van der Waals surface area contributed by atoms with Crippen LogP contribution in [0.25, 0.3) is 53.7 Å². The van der Waals surface area contributed by atoms with Gasteiger partial charge in [-0.2, -0.15) is 5.26 Å². The highest BCUT2D eigenvalue weighted by molar-refractivity contribution is 7.32. The Labute approximate surface area is 199 Å². The molecule has 0 radical (unpaired) electrons. The summed E-state index contributed by atoms with van der Waals surface area (Å²) in [7, 11) is -3.23. The molecule has 0 aliphatic heterocycles. The lowest BCUT2D eigenvalue weighted by Crippen LogP contribution is -1.93. The van der Waals surface area contributed by atoms with E-state index >= 15 is 0 Å². The zero-order chi connectivity index (χ0) is 23.2. The van der Waals surface area contributed by atoms with Crippen LogP contribution < -0.4 is 0 Å². The number of benzene rings is 4. The minimum absolute atomic E-state index is 0.192. The molecule has 0 saturated heterocycles. The molecular formula is C27H17N2O3PS. The number of nitriles is 1. The number of nitrogens with zero attached hydrogens (tertiary/aromatic N) is 2. The van der Waals surface area contributed by atoms with Crippen LogP contribution in [0, 0.1) is 11.3 Å². The van der Waals surface area contributed by atoms with Crippen LogP contribution in [0.15, 0.2) is 90.7 Å². The summed E-state index contributed by atoms with van der Waals surface area (Å²) < 4.78 is 20.4. The lowest BCUT2D eigenvalue weighted by atomic mass is 10.1. The van der Waals surface area contributed by atoms with Crippen LogP contribution in [0.3, 0.4) is 0 Å². The Morgan fingerprint density at radius 2 is 1.65 bits per heavy atom. The summed E-state index contributed by atoms with van der Waals surface area (Å²) in [6.07, 6.45) is 1.45. The number of hydrogen-bond donors (Lipinski definition) is 1. The fraction of sp³-hybridized carbons (Fsp3) is 0. The molecule has 0 fully saturated rings. The molecule has 1 atom stereocenters. The van der Waals surface area contributed by atoms with Crippen molar-refractivity contribution in [3.63, 3.8) is 0 Å². The van der Waals surface area contributed by atoms with Crippen molar-refractivity contribution in [2.24, 2.45) is 0 Å². The van der Waals surface area contributed by atoms with Gasteiger partial charge >= 0.3 is 8.25 Å². The second-order valence-electron chi connectivity index (χ2n) is 7.87. The SMILES string of the molecule is N#CC(=Cc1ccc(-n2c3ccccc3c3c4sc5ccccc5c4ccc32)cc1)O[PH](=O)O. The van der Waals surface area contributed by atoms with Gasteiger partial charge in [-0.3, -0.25) is 0 Å². The monoisotopic (exact) mass is 480 g/mol. The van der Waals surface area contributed by atoms with E-state index < -0.39 is 8.25 Å². The lowest BCUT2D eigenvalue weighted by Gasteiger charge is -2.08. The van der Waals surface area contributed by atoms with Crippen LogP contribution in [-0.2, 0) is 9.09 Å². The summed E-state index contributed by atoms with van der Waals surface area (Å²) in [5, 5.41) is 14.1. The van der Waals surface area contributed by atoms with Crippen LogP contribution in [0.1, 0.15) is 5.56 Å². The maximum atomic E-state index is 10.9. The van der Waals surface area contributed by atoms with Gasteiger partial charge in [0.2, 0.25) is 5.76 Å². The molecule has 0 bridgehead atoms. The highest BCUT2D eigenvalue weighted by Crippen LogP contribution is 2.43. The van der Waals surface area contributed by atoms with E-state index in [2.05, 4.69) is 63.7 Å². The van der Waals surface area contributed by atoms with Crippen LogP contribution in [-0.4, -0.2) is 9.46 Å². The maximum Gasteiger partial charge on any atom is 0.365 e. The number of allylic oxidation sites excluding steroid dienone is 1. The van der Waals surface area contributed by atoms with E-state index in [0.29, 0.717) is 5.56 Å². The molecule has 34 heavy (non-hydrogen) atoms. The number of hydrogen-bond acceptors (Lipinski definition) is 4. The molecule has 1 unspecified atom stereocenters. The highest BCUT2D eigenvalue weighted by atomic mass is 32.1. The average Bonchev–Trinajstić information content (AvgIpc) is 3.39. The third kappa shape index (κ3) is 3.30. The number of thiophene rings is 1. The molecule has 0 amide bonds. The minimum atomic E-state index is -3.23. The summed E-state index contributed by atoms with van der Waals surface area (Å²) in [6.45, 7) is 0. The molecule has 0 aliphatic carbocycles. The van der Waals surface area contributed by atoms with Crippen molar-refractivity contribution in [1.29, 1.82) is 5.26 Å². The van der Waals surface area contributed by atoms with Crippen molar-refractivity contribution in [2.45, 2.75) is 0 Å². The van der Waals surface area contributed by atoms with E-state index in [9.17, 15) is 4.57 Å². The summed E-state index contributed by atoms with van der Waals surface area (Å²) in [6, 6.07) is 30.8. The van der Waals surface area contributed by atoms with Crippen molar-refractivity contribution < 1.29 is 14.0 Å². The molecule has 0 spiro atoms. The topological polar surface area (TPSA) is 75.2 Å². The normalized spacial score (nSPS) is 13.0. The number of rotatable bonds is 4. The fourth-order valence-electron chi connectivity index (χ4n) is 4.56. The Balaban J connectivity index is 1.57. The van der Waals surface area contributed by atoms with Gasteiger partial charge in [-0.25, -0.2) is 4.57 Å². The molecule has 1 N–H and O–H groups in total. The van der Waals surface area contributed by atoms with Crippen LogP contribution >= 0.6 is 19.6 Å². The third-order valence-corrected chi connectivity index (χ3v) is 7.54. The van der Waals surface area contributed by atoms with Gasteiger partial charge in [-0.15, -0.1) is 11.3 Å². The van der Waals surface area contributed by atoms with Gasteiger partial charge in [0.1, 0.15) is 6.07 Å². The molecule has 5 nitrogen and oxygen atoms in total. The third-order valence-electron chi connectivity index (χ3n) is 5.94. The molecule has 6 rings (SSSR count). The van der Waals surface area contributed by atoms with E-state index in [1.165, 1.54) is 37.0 Å². The zero-order valence-corrected chi connectivity index (χ0v) is 19.5. The highest BCUT2D eigenvalue weighted by Gasteiger charge is 2.17. The fourth-order valence-corrected chi connectivity index (χ4v) is 6.11. The average molecular weight is 480 g/mol. The van der Waals surface area contributed by atoms with Gasteiger partial charge in [0, 0.05) is 36.6 Å². The predicted molar refractivity (Wildman–Crippen MR) is 140 cm³/mol. The Morgan fingerprint density at radius 3 is 2.41 bits per heavy atom. The van der Waals surface area contributed by atoms with Gasteiger partial charge in [0.25, 0.3) is 0 Å². The van der Waals surface area contributed by atoms with Gasteiger partial charge < -0.3 is 14.0 Å². The Bertz CT molecular complexity index is 1820. The van der Waals surface area contributed by atoms with E-state index in [1.807, 2.05) is 41.7 Å². The Hall–Kier alpha value is -3.88. The van der Waals surface area contributed by atoms with Gasteiger partial charge in [-0.1, -0.05) is 54.6 Å². The first-order valence-corrected chi connectivity index (χ1v) is 12.7. The lowest BCUT2D eigenvalue weighted by molar-refractivity contribution is 0.365. The van der Waals surface area contributed by atoms with E-state index in [0.717, 1.165) is 16.7 Å². The second-order valence-corrected chi connectivity index (χ2v) is 9.66. The van der Waals surface area contributed by atoms with Crippen LogP contribution in [0.4, 0.5) is 0 Å². The molecule has 6 aromatic rings. The zero-order valence-electron chi connectivity index (χ0n) is 17.7. The first-order valence-electron chi connectivity index (χ1n) is 10.6. The van der Waals surface area contributed by atoms with E-state index in [1.54, 1.807) is 6.07 Å². The van der Waals surface area contributed by atoms with Crippen molar-refractivity contribution in [3.05, 3.63) is 96.3 Å². The summed E-state index contributed by atoms with van der Waals surface area (Å²) in [4.78, 5) is 8.95.